The van der Waals surface area contributed by atoms with Gasteiger partial charge in [0.15, 0.2) is 12.3 Å². The highest BCUT2D eigenvalue weighted by atomic mass is 32.1. The number of thiazole rings is 1. The molecule has 0 aliphatic heterocycles. The summed E-state index contributed by atoms with van der Waals surface area (Å²) in [6, 6.07) is 17.3. The van der Waals surface area contributed by atoms with E-state index in [1.165, 1.54) is 6.92 Å². The Kier molecular flexibility index (Phi) is 6.32. The molecule has 3 aromatic rings. The van der Waals surface area contributed by atoms with Crippen molar-refractivity contribution >= 4 is 33.2 Å². The number of nitrogens with one attached hydrogen (secondary N) is 2. The number of para-hydroxylation sites is 1. The smallest absolute Gasteiger partial charge is 0.275 e. The topological polar surface area (TPSA) is 63.5 Å². The Morgan fingerprint density at radius 2 is 1.81 bits per heavy atom. The van der Waals surface area contributed by atoms with Crippen LogP contribution in [-0.4, -0.2) is 36.3 Å². The normalized spacial score (nSPS) is 13.3. The van der Waals surface area contributed by atoms with Crippen LogP contribution in [0.5, 0.6) is 0 Å². The zero-order valence-electron chi connectivity index (χ0n) is 15.6. The third kappa shape index (κ3) is 5.45. The van der Waals surface area contributed by atoms with Gasteiger partial charge < -0.3 is 10.2 Å². The number of carbonyl (C=O) groups excluding carboxylic acids is 2. The second-order valence-corrected chi connectivity index (χ2v) is 7.92. The maximum atomic E-state index is 12.4. The molecular weight excluding hydrogens is 358 g/mol. The van der Waals surface area contributed by atoms with Crippen LogP contribution in [0.2, 0.25) is 0 Å². The fourth-order valence-corrected chi connectivity index (χ4v) is 4.06. The number of ketones is 1. The summed E-state index contributed by atoms with van der Waals surface area (Å²) in [6.45, 7) is 2.50. The zero-order chi connectivity index (χ0) is 19.2. The van der Waals surface area contributed by atoms with Gasteiger partial charge in [0.2, 0.25) is 0 Å². The van der Waals surface area contributed by atoms with E-state index in [2.05, 4.69) is 16.4 Å². The van der Waals surface area contributed by atoms with Crippen molar-refractivity contribution in [2.75, 3.05) is 13.6 Å². The van der Waals surface area contributed by atoms with Gasteiger partial charge in [0.1, 0.15) is 11.6 Å². The number of likely N-dealkylation sites (N-methyl/N-ethyl adjacent to an activating group) is 1. The van der Waals surface area contributed by atoms with Gasteiger partial charge in [0, 0.05) is 0 Å². The molecule has 1 heterocycles. The van der Waals surface area contributed by atoms with Crippen molar-refractivity contribution in [1.29, 1.82) is 0 Å². The summed E-state index contributed by atoms with van der Waals surface area (Å²) in [6.07, 6.45) is 0.513. The van der Waals surface area contributed by atoms with Crippen molar-refractivity contribution in [2.45, 2.75) is 25.9 Å². The van der Waals surface area contributed by atoms with Crippen LogP contribution < -0.4 is 10.2 Å². The monoisotopic (exact) mass is 382 g/mol. The molecule has 2 N–H and O–H groups in total. The lowest BCUT2D eigenvalue weighted by Crippen LogP contribution is -3.09. The molecule has 0 saturated heterocycles. The Labute approximate surface area is 163 Å². The minimum absolute atomic E-state index is 0.0315. The number of hydrogen-bond donors (Lipinski definition) is 2. The highest BCUT2D eigenvalue weighted by Gasteiger charge is 2.20. The number of Topliss-reactive ketones (excluding diaryl/α,β-unsaturated/α-hetero) is 1. The molecule has 1 amide bonds. The Balaban J connectivity index is 1.55. The van der Waals surface area contributed by atoms with Gasteiger partial charge in [-0.15, -0.1) is 11.3 Å². The van der Waals surface area contributed by atoms with E-state index in [-0.39, 0.29) is 11.7 Å². The standard InChI is InChI=1S/C21H23N3O2S/c1-15(25)18(12-16-8-4-3-5-9-16)22-20(26)13-24(2)14-21-23-17-10-6-7-11-19(17)27-21/h3-11,18H,12-14H2,1-2H3,(H,22,26)/p+1/t18-/m0/s1. The van der Waals surface area contributed by atoms with E-state index >= 15 is 0 Å². The summed E-state index contributed by atoms with van der Waals surface area (Å²) in [5, 5.41) is 3.89. The maximum Gasteiger partial charge on any atom is 0.275 e. The second-order valence-electron chi connectivity index (χ2n) is 6.81. The summed E-state index contributed by atoms with van der Waals surface area (Å²) >= 11 is 1.66. The molecule has 2 aromatic carbocycles. The van der Waals surface area contributed by atoms with E-state index in [1.807, 2.05) is 55.6 Å². The fraction of sp³-hybridized carbons (Fsp3) is 0.286. The lowest BCUT2D eigenvalue weighted by atomic mass is 10.0. The molecule has 0 aliphatic rings. The van der Waals surface area contributed by atoms with E-state index in [9.17, 15) is 9.59 Å². The molecule has 140 valence electrons. The SMILES string of the molecule is CC(=O)[C@H](Cc1ccccc1)NC(=O)C[NH+](C)Cc1nc2ccccc2s1. The molecular formula is C21H24N3O2S+. The van der Waals surface area contributed by atoms with Crippen molar-refractivity contribution in [3.63, 3.8) is 0 Å². The average Bonchev–Trinajstić information content (AvgIpc) is 3.03. The highest BCUT2D eigenvalue weighted by Crippen LogP contribution is 2.20. The molecule has 0 bridgehead atoms. The van der Waals surface area contributed by atoms with Gasteiger partial charge in [-0.3, -0.25) is 9.59 Å². The molecule has 0 saturated carbocycles. The van der Waals surface area contributed by atoms with Crippen LogP contribution in [0.3, 0.4) is 0 Å². The largest absolute Gasteiger partial charge is 0.341 e. The molecule has 1 unspecified atom stereocenters. The number of benzene rings is 2. The van der Waals surface area contributed by atoms with Gasteiger partial charge >= 0.3 is 0 Å². The molecule has 5 nitrogen and oxygen atoms in total. The minimum atomic E-state index is -0.491. The lowest BCUT2D eigenvalue weighted by Gasteiger charge is -2.18. The Bertz CT molecular complexity index is 890. The molecule has 0 aliphatic carbocycles. The molecule has 1 aromatic heterocycles. The molecule has 3 rings (SSSR count). The summed E-state index contributed by atoms with van der Waals surface area (Å²) in [5.41, 5.74) is 2.03. The third-order valence-electron chi connectivity index (χ3n) is 4.36. The number of aromatic nitrogens is 1. The Morgan fingerprint density at radius 1 is 1.11 bits per heavy atom. The second kappa shape index (κ2) is 8.88. The quantitative estimate of drug-likeness (QED) is 0.622. The van der Waals surface area contributed by atoms with Crippen molar-refractivity contribution in [1.82, 2.24) is 10.3 Å². The van der Waals surface area contributed by atoms with E-state index < -0.39 is 6.04 Å². The Hall–Kier alpha value is -2.57. The van der Waals surface area contributed by atoms with Crippen molar-refractivity contribution < 1.29 is 14.5 Å². The van der Waals surface area contributed by atoms with Crippen molar-refractivity contribution in [3.8, 4) is 0 Å². The number of fused-ring (bicyclic) bond motifs is 1. The Morgan fingerprint density at radius 3 is 2.52 bits per heavy atom. The van der Waals surface area contributed by atoms with Crippen LogP contribution in [0.15, 0.2) is 54.6 Å². The molecule has 6 heteroatoms. The van der Waals surface area contributed by atoms with Crippen LogP contribution in [0, 0.1) is 0 Å². The van der Waals surface area contributed by atoms with Gasteiger partial charge in [0.05, 0.1) is 23.3 Å². The van der Waals surface area contributed by atoms with Crippen LogP contribution >= 0.6 is 11.3 Å². The van der Waals surface area contributed by atoms with E-state index in [0.29, 0.717) is 19.5 Å². The van der Waals surface area contributed by atoms with Crippen LogP contribution in [0.1, 0.15) is 17.5 Å². The summed E-state index contributed by atoms with van der Waals surface area (Å²) in [5.74, 6) is -0.152. The summed E-state index contributed by atoms with van der Waals surface area (Å²) in [7, 11) is 1.96. The number of quaternary nitrogens is 1. The van der Waals surface area contributed by atoms with Crippen molar-refractivity contribution in [2.24, 2.45) is 0 Å². The predicted octanol–water partition coefficient (Wildman–Crippen LogP) is 1.63. The molecule has 2 atom stereocenters. The first-order valence-electron chi connectivity index (χ1n) is 9.01. The number of hydrogen-bond acceptors (Lipinski definition) is 4. The average molecular weight is 383 g/mol. The van der Waals surface area contributed by atoms with E-state index in [1.54, 1.807) is 11.3 Å². The van der Waals surface area contributed by atoms with Gasteiger partial charge in [-0.05, 0) is 31.0 Å². The lowest BCUT2D eigenvalue weighted by molar-refractivity contribution is -0.885. The van der Waals surface area contributed by atoms with Crippen LogP contribution in [-0.2, 0) is 22.6 Å². The van der Waals surface area contributed by atoms with Gasteiger partial charge in [0.25, 0.3) is 5.91 Å². The third-order valence-corrected chi connectivity index (χ3v) is 5.40. The first-order valence-corrected chi connectivity index (χ1v) is 9.82. The first-order chi connectivity index (χ1) is 13.0. The van der Waals surface area contributed by atoms with E-state index in [4.69, 9.17) is 0 Å². The van der Waals surface area contributed by atoms with E-state index in [0.717, 1.165) is 25.7 Å². The number of amides is 1. The van der Waals surface area contributed by atoms with Gasteiger partial charge in [-0.25, -0.2) is 4.98 Å². The maximum absolute atomic E-state index is 12.4. The van der Waals surface area contributed by atoms with Crippen LogP contribution in [0.4, 0.5) is 0 Å². The summed E-state index contributed by atoms with van der Waals surface area (Å²) in [4.78, 5) is 30.0. The molecule has 0 fully saturated rings. The predicted molar refractivity (Wildman–Crippen MR) is 108 cm³/mol. The zero-order valence-corrected chi connectivity index (χ0v) is 16.4. The molecule has 0 spiro atoms. The molecule has 0 radical (unpaired) electrons. The highest BCUT2D eigenvalue weighted by molar-refractivity contribution is 7.18. The first kappa shape index (κ1) is 19.2. The minimum Gasteiger partial charge on any atom is -0.341 e. The summed E-state index contributed by atoms with van der Waals surface area (Å²) < 4.78 is 1.16. The number of nitrogens with zero attached hydrogens (tertiary/aromatic N) is 1. The molecule has 27 heavy (non-hydrogen) atoms. The number of rotatable bonds is 8. The van der Waals surface area contributed by atoms with Crippen LogP contribution in [0.25, 0.3) is 10.2 Å². The fourth-order valence-electron chi connectivity index (χ4n) is 2.98. The van der Waals surface area contributed by atoms with Gasteiger partial charge in [-0.2, -0.15) is 0 Å². The van der Waals surface area contributed by atoms with Gasteiger partial charge in [-0.1, -0.05) is 42.5 Å². The van der Waals surface area contributed by atoms with Crippen molar-refractivity contribution in [3.05, 3.63) is 65.2 Å². The number of carbonyl (C=O) groups is 2.